The summed E-state index contributed by atoms with van der Waals surface area (Å²) in [5, 5.41) is 0. The van der Waals surface area contributed by atoms with Gasteiger partial charge in [0.2, 0.25) is 0 Å². The van der Waals surface area contributed by atoms with Crippen LogP contribution in [0.1, 0.15) is 233 Å². The Balaban J connectivity index is 3.75. The van der Waals surface area contributed by atoms with Crippen molar-refractivity contribution >= 4 is 0 Å². The number of hydrogen-bond acceptors (Lipinski definition) is 4. The molecule has 0 saturated carbocycles. The van der Waals surface area contributed by atoms with Crippen LogP contribution in [0.3, 0.4) is 0 Å². The van der Waals surface area contributed by atoms with E-state index < -0.39 is 0 Å². The Labute approximate surface area is 296 Å². The number of allylic oxidation sites excluding steroid dienone is 1. The number of rotatable bonds is 42. The second kappa shape index (κ2) is 43.4. The second-order valence-electron chi connectivity index (χ2n) is 14.2. The Morgan fingerprint density at radius 3 is 1.19 bits per heavy atom. The average molecular weight is 667 g/mol. The molecule has 4 heteroatoms. The second-order valence-corrected chi connectivity index (χ2v) is 14.2. The van der Waals surface area contributed by atoms with E-state index in [0.29, 0.717) is 6.79 Å². The first kappa shape index (κ1) is 46.4. The van der Waals surface area contributed by atoms with Gasteiger partial charge in [0.1, 0.15) is 0 Å². The van der Waals surface area contributed by atoms with Crippen LogP contribution in [0.15, 0.2) is 12.3 Å². The standard InChI is InChI=1S/C43H86O4/c1-4-7-10-13-16-25-30-35-40-46-43(47-41-36-31-26-17-14-11-8-5-2)37-32-27-23-21-19-18-20-22-24-29-34-39-45-42-44-38-33-28-15-12-9-6-3/h34,39,43H,4-33,35-38,40-42H2,1-3H3. The van der Waals surface area contributed by atoms with Crippen molar-refractivity contribution in [2.45, 2.75) is 239 Å². The summed E-state index contributed by atoms with van der Waals surface area (Å²) in [5.41, 5.74) is 0. The molecule has 4 nitrogen and oxygen atoms in total. The molecule has 0 aromatic heterocycles. The summed E-state index contributed by atoms with van der Waals surface area (Å²) in [6.07, 6.45) is 47.5. The van der Waals surface area contributed by atoms with E-state index >= 15 is 0 Å². The molecule has 0 aromatic carbocycles. The van der Waals surface area contributed by atoms with E-state index in [4.69, 9.17) is 18.9 Å². The molecule has 0 bridgehead atoms. The van der Waals surface area contributed by atoms with E-state index in [1.54, 1.807) is 0 Å². The molecule has 0 aliphatic rings. The van der Waals surface area contributed by atoms with Crippen molar-refractivity contribution in [3.05, 3.63) is 12.3 Å². The molecule has 0 rings (SSSR count). The van der Waals surface area contributed by atoms with Crippen molar-refractivity contribution < 1.29 is 18.9 Å². The summed E-state index contributed by atoms with van der Waals surface area (Å²) in [5.74, 6) is 0. The van der Waals surface area contributed by atoms with Gasteiger partial charge in [-0.3, -0.25) is 0 Å². The van der Waals surface area contributed by atoms with Crippen molar-refractivity contribution in [1.29, 1.82) is 0 Å². The smallest absolute Gasteiger partial charge is 0.188 e. The highest BCUT2D eigenvalue weighted by atomic mass is 16.7. The molecule has 0 spiro atoms. The molecule has 0 aliphatic carbocycles. The monoisotopic (exact) mass is 667 g/mol. The molecule has 0 radical (unpaired) electrons. The zero-order chi connectivity index (χ0) is 34.0. The average Bonchev–Trinajstić information content (AvgIpc) is 3.08. The van der Waals surface area contributed by atoms with E-state index in [1.165, 1.54) is 193 Å². The van der Waals surface area contributed by atoms with Gasteiger partial charge in [-0.1, -0.05) is 188 Å². The highest BCUT2D eigenvalue weighted by molar-refractivity contribution is 4.72. The van der Waals surface area contributed by atoms with Gasteiger partial charge in [0.05, 0.1) is 12.9 Å². The van der Waals surface area contributed by atoms with Crippen LogP contribution < -0.4 is 0 Å². The van der Waals surface area contributed by atoms with E-state index in [9.17, 15) is 0 Å². The van der Waals surface area contributed by atoms with E-state index in [1.807, 2.05) is 6.26 Å². The van der Waals surface area contributed by atoms with Crippen LogP contribution in [0.2, 0.25) is 0 Å². The molecule has 0 heterocycles. The minimum Gasteiger partial charge on any atom is -0.475 e. The topological polar surface area (TPSA) is 36.9 Å². The zero-order valence-corrected chi connectivity index (χ0v) is 32.5. The Bertz CT molecular complexity index is 544. The Morgan fingerprint density at radius 2 is 0.745 bits per heavy atom. The van der Waals surface area contributed by atoms with Crippen LogP contribution >= 0.6 is 0 Å². The van der Waals surface area contributed by atoms with Crippen LogP contribution in [0, 0.1) is 0 Å². The Morgan fingerprint density at radius 1 is 0.383 bits per heavy atom. The fraction of sp³-hybridized carbons (Fsp3) is 0.953. The summed E-state index contributed by atoms with van der Waals surface area (Å²) in [4.78, 5) is 0. The fourth-order valence-corrected chi connectivity index (χ4v) is 6.19. The van der Waals surface area contributed by atoms with Gasteiger partial charge < -0.3 is 18.9 Å². The maximum absolute atomic E-state index is 6.27. The molecule has 0 amide bonds. The maximum Gasteiger partial charge on any atom is 0.188 e. The highest BCUT2D eigenvalue weighted by Gasteiger charge is 2.09. The van der Waals surface area contributed by atoms with Gasteiger partial charge in [-0.25, -0.2) is 0 Å². The first-order valence-corrected chi connectivity index (χ1v) is 21.4. The lowest BCUT2D eigenvalue weighted by Gasteiger charge is -2.19. The quantitative estimate of drug-likeness (QED) is 0.0369. The third-order valence-corrected chi connectivity index (χ3v) is 9.40. The highest BCUT2D eigenvalue weighted by Crippen LogP contribution is 2.16. The lowest BCUT2D eigenvalue weighted by atomic mass is 10.1. The zero-order valence-electron chi connectivity index (χ0n) is 32.5. The van der Waals surface area contributed by atoms with Gasteiger partial charge in [-0.15, -0.1) is 0 Å². The van der Waals surface area contributed by atoms with Gasteiger partial charge in [0.25, 0.3) is 0 Å². The minimum atomic E-state index is 0.0150. The maximum atomic E-state index is 6.27. The van der Waals surface area contributed by atoms with E-state index in [-0.39, 0.29) is 6.29 Å². The predicted molar refractivity (Wildman–Crippen MR) is 206 cm³/mol. The molecule has 47 heavy (non-hydrogen) atoms. The lowest BCUT2D eigenvalue weighted by Crippen LogP contribution is -2.19. The summed E-state index contributed by atoms with van der Waals surface area (Å²) in [7, 11) is 0. The van der Waals surface area contributed by atoms with Crippen LogP contribution in [0.25, 0.3) is 0 Å². The summed E-state index contributed by atoms with van der Waals surface area (Å²) in [6.45, 7) is 9.80. The lowest BCUT2D eigenvalue weighted by molar-refractivity contribution is -0.148. The molecular formula is C43H86O4. The van der Waals surface area contributed by atoms with Gasteiger partial charge in [-0.2, -0.15) is 0 Å². The van der Waals surface area contributed by atoms with E-state index in [0.717, 1.165) is 39.1 Å². The summed E-state index contributed by atoms with van der Waals surface area (Å²) in [6, 6.07) is 0. The van der Waals surface area contributed by atoms with Gasteiger partial charge in [0.15, 0.2) is 13.1 Å². The molecule has 0 aliphatic heterocycles. The largest absolute Gasteiger partial charge is 0.475 e. The first-order chi connectivity index (χ1) is 23.3. The van der Waals surface area contributed by atoms with Gasteiger partial charge >= 0.3 is 0 Å². The third kappa shape index (κ3) is 41.5. The number of unbranched alkanes of at least 4 members (excludes halogenated alkanes) is 28. The number of hydrogen-bond donors (Lipinski definition) is 0. The van der Waals surface area contributed by atoms with Gasteiger partial charge in [0, 0.05) is 13.2 Å². The molecule has 0 saturated heterocycles. The van der Waals surface area contributed by atoms with Crippen LogP contribution in [-0.2, 0) is 18.9 Å². The van der Waals surface area contributed by atoms with Crippen molar-refractivity contribution in [3.63, 3.8) is 0 Å². The Kier molecular flexibility index (Phi) is 42.9. The predicted octanol–water partition coefficient (Wildman–Crippen LogP) is 14.8. The summed E-state index contributed by atoms with van der Waals surface area (Å²) >= 11 is 0. The molecule has 0 unspecified atom stereocenters. The molecule has 0 N–H and O–H groups in total. The van der Waals surface area contributed by atoms with Crippen LogP contribution in [0.4, 0.5) is 0 Å². The van der Waals surface area contributed by atoms with Crippen molar-refractivity contribution in [3.8, 4) is 0 Å². The van der Waals surface area contributed by atoms with Crippen LogP contribution in [-0.4, -0.2) is 32.9 Å². The first-order valence-electron chi connectivity index (χ1n) is 21.4. The Hall–Kier alpha value is -0.580. The summed E-state index contributed by atoms with van der Waals surface area (Å²) < 4.78 is 23.5. The molecular weight excluding hydrogens is 580 g/mol. The number of ether oxygens (including phenoxy) is 4. The molecule has 0 fully saturated rings. The van der Waals surface area contributed by atoms with Crippen LogP contribution in [0.5, 0.6) is 0 Å². The normalized spacial score (nSPS) is 11.8. The van der Waals surface area contributed by atoms with Crippen molar-refractivity contribution in [2.75, 3.05) is 26.6 Å². The van der Waals surface area contributed by atoms with Crippen molar-refractivity contribution in [1.82, 2.24) is 0 Å². The SMILES string of the molecule is CCCCCCCCCCOC(CCCCCCCCCCCC=COCOCCCCCCCC)OCCCCCCCCCC. The van der Waals surface area contributed by atoms with E-state index in [2.05, 4.69) is 26.8 Å². The third-order valence-electron chi connectivity index (χ3n) is 9.40. The molecule has 0 aromatic rings. The van der Waals surface area contributed by atoms with Crippen molar-refractivity contribution in [2.24, 2.45) is 0 Å². The fourth-order valence-electron chi connectivity index (χ4n) is 6.19. The molecule has 282 valence electrons. The van der Waals surface area contributed by atoms with Gasteiger partial charge in [-0.05, 0) is 51.0 Å². The minimum absolute atomic E-state index is 0.0150. The molecule has 0 atom stereocenters.